The number of ether oxygens (including phenoxy) is 1. The van der Waals surface area contributed by atoms with Gasteiger partial charge >= 0.3 is 0 Å². The first-order chi connectivity index (χ1) is 10.8. The van der Waals surface area contributed by atoms with E-state index in [0.717, 1.165) is 18.6 Å². The van der Waals surface area contributed by atoms with E-state index in [2.05, 4.69) is 4.98 Å². The number of fused-ring (bicyclic) bond motifs is 1. The van der Waals surface area contributed by atoms with E-state index < -0.39 is 0 Å². The minimum atomic E-state index is -0.198. The molecular formula is C17H17ClN2O3. The number of pyridine rings is 1. The first-order valence-corrected chi connectivity index (χ1v) is 7.25. The number of nitrogens with zero attached hydrogens (tertiary/aromatic N) is 2. The Morgan fingerprint density at radius 1 is 0.913 bits per heavy atom. The lowest BCUT2D eigenvalue weighted by atomic mass is 10.1. The number of halogens is 1. The summed E-state index contributed by atoms with van der Waals surface area (Å²) in [5, 5.41) is 0. The monoisotopic (exact) mass is 332 g/mol. The Morgan fingerprint density at radius 3 is 2.13 bits per heavy atom. The summed E-state index contributed by atoms with van der Waals surface area (Å²) in [6.07, 6.45) is 4.84. The number of benzene rings is 1. The molecule has 2 aromatic rings. The molecule has 0 unspecified atom stereocenters. The molecule has 0 N–H and O–H groups in total. The zero-order valence-corrected chi connectivity index (χ0v) is 13.3. The molecule has 6 heteroatoms. The molecule has 0 atom stereocenters. The lowest BCUT2D eigenvalue weighted by Gasteiger charge is -2.13. The fourth-order valence-electron chi connectivity index (χ4n) is 2.44. The molecule has 0 fully saturated rings. The number of aromatic nitrogens is 1. The van der Waals surface area contributed by atoms with Gasteiger partial charge in [0.1, 0.15) is 5.75 Å². The van der Waals surface area contributed by atoms with Crippen molar-refractivity contribution in [1.82, 2.24) is 9.88 Å². The van der Waals surface area contributed by atoms with E-state index in [0.29, 0.717) is 24.3 Å². The van der Waals surface area contributed by atoms with Gasteiger partial charge < -0.3 is 4.74 Å². The summed E-state index contributed by atoms with van der Waals surface area (Å²) in [5.41, 5.74) is 1.00. The van der Waals surface area contributed by atoms with Gasteiger partial charge in [0.25, 0.3) is 11.8 Å². The summed E-state index contributed by atoms with van der Waals surface area (Å²) in [6, 6.07) is 10.5. The Bertz CT molecular complexity index is 656. The predicted octanol–water partition coefficient (Wildman–Crippen LogP) is 2.96. The van der Waals surface area contributed by atoms with Crippen LogP contribution in [0.3, 0.4) is 0 Å². The topological polar surface area (TPSA) is 59.5 Å². The minimum Gasteiger partial charge on any atom is -0.493 e. The summed E-state index contributed by atoms with van der Waals surface area (Å²) in [6.45, 7) is 0.971. The molecule has 5 nitrogen and oxygen atoms in total. The summed E-state index contributed by atoms with van der Waals surface area (Å²) < 4.78 is 5.56. The quantitative estimate of drug-likeness (QED) is 0.603. The molecule has 0 saturated carbocycles. The second-order valence-electron chi connectivity index (χ2n) is 5.05. The van der Waals surface area contributed by atoms with Crippen LogP contribution in [-0.2, 0) is 0 Å². The number of unbranched alkanes of at least 4 members (excludes halogenated alkanes) is 1. The molecule has 0 bridgehead atoms. The van der Waals surface area contributed by atoms with E-state index in [4.69, 9.17) is 4.74 Å². The fourth-order valence-corrected chi connectivity index (χ4v) is 2.44. The molecule has 2 heterocycles. The van der Waals surface area contributed by atoms with Gasteiger partial charge in [0, 0.05) is 18.9 Å². The van der Waals surface area contributed by atoms with Crippen LogP contribution in [0.5, 0.6) is 5.75 Å². The van der Waals surface area contributed by atoms with Crippen molar-refractivity contribution in [2.75, 3.05) is 13.2 Å². The number of imide groups is 1. The maximum Gasteiger partial charge on any atom is 0.261 e. The average molecular weight is 333 g/mol. The van der Waals surface area contributed by atoms with E-state index in [1.165, 1.54) is 4.90 Å². The molecule has 0 aliphatic carbocycles. The summed E-state index contributed by atoms with van der Waals surface area (Å²) in [5.74, 6) is 0.377. The van der Waals surface area contributed by atoms with Gasteiger partial charge in [0.2, 0.25) is 0 Å². The molecule has 3 rings (SSSR count). The summed E-state index contributed by atoms with van der Waals surface area (Å²) in [7, 11) is 0. The second kappa shape index (κ2) is 7.74. The maximum atomic E-state index is 12.2. The van der Waals surface area contributed by atoms with Gasteiger partial charge in [0.15, 0.2) is 0 Å². The highest BCUT2D eigenvalue weighted by Gasteiger charge is 2.34. The van der Waals surface area contributed by atoms with Gasteiger partial charge in [-0.3, -0.25) is 19.5 Å². The molecule has 1 aliphatic heterocycles. The van der Waals surface area contributed by atoms with Crippen LogP contribution >= 0.6 is 12.4 Å². The van der Waals surface area contributed by atoms with Crippen LogP contribution < -0.4 is 4.74 Å². The summed E-state index contributed by atoms with van der Waals surface area (Å²) in [4.78, 5) is 29.6. The van der Waals surface area contributed by atoms with E-state index in [-0.39, 0.29) is 24.2 Å². The highest BCUT2D eigenvalue weighted by Crippen LogP contribution is 2.22. The number of carbonyl (C=O) groups is 2. The van der Waals surface area contributed by atoms with Gasteiger partial charge in [0.05, 0.1) is 17.7 Å². The number of hydrogen-bond acceptors (Lipinski definition) is 4. The van der Waals surface area contributed by atoms with Crippen LogP contribution in [0.4, 0.5) is 0 Å². The van der Waals surface area contributed by atoms with E-state index in [9.17, 15) is 9.59 Å². The first-order valence-electron chi connectivity index (χ1n) is 7.25. The van der Waals surface area contributed by atoms with Crippen LogP contribution in [0.2, 0.25) is 0 Å². The Morgan fingerprint density at radius 2 is 1.52 bits per heavy atom. The third-order valence-electron chi connectivity index (χ3n) is 3.57. The predicted molar refractivity (Wildman–Crippen MR) is 88.0 cm³/mol. The molecule has 0 saturated heterocycles. The van der Waals surface area contributed by atoms with Crippen molar-refractivity contribution in [2.24, 2.45) is 0 Å². The SMILES string of the molecule is Cl.O=C1c2ccccc2C(=O)N1CCCCOc1ccncc1. The van der Waals surface area contributed by atoms with Crippen LogP contribution in [0.25, 0.3) is 0 Å². The third kappa shape index (κ3) is 3.68. The smallest absolute Gasteiger partial charge is 0.261 e. The van der Waals surface area contributed by atoms with Crippen LogP contribution in [0.15, 0.2) is 48.8 Å². The molecule has 23 heavy (non-hydrogen) atoms. The van der Waals surface area contributed by atoms with Crippen molar-refractivity contribution < 1.29 is 14.3 Å². The first kappa shape index (κ1) is 17.0. The van der Waals surface area contributed by atoms with Crippen LogP contribution in [0, 0.1) is 0 Å². The highest BCUT2D eigenvalue weighted by atomic mass is 35.5. The van der Waals surface area contributed by atoms with Crippen LogP contribution in [0.1, 0.15) is 33.6 Å². The zero-order valence-electron chi connectivity index (χ0n) is 12.5. The Balaban J connectivity index is 0.00000192. The highest BCUT2D eigenvalue weighted by molar-refractivity contribution is 6.21. The standard InChI is InChI=1S/C17H16N2O3.ClH/c20-16-14-5-1-2-6-15(14)17(21)19(16)11-3-4-12-22-13-7-9-18-10-8-13;/h1-2,5-10H,3-4,11-12H2;1H. The Hall–Kier alpha value is -2.40. The van der Waals surface area contributed by atoms with Gasteiger partial charge in [-0.05, 0) is 37.1 Å². The van der Waals surface area contributed by atoms with Gasteiger partial charge in [-0.1, -0.05) is 12.1 Å². The molecule has 120 valence electrons. The van der Waals surface area contributed by atoms with Gasteiger partial charge in [-0.15, -0.1) is 12.4 Å². The van der Waals surface area contributed by atoms with E-state index in [1.54, 1.807) is 48.8 Å². The lowest BCUT2D eigenvalue weighted by molar-refractivity contribution is 0.0649. The molecule has 1 aliphatic rings. The van der Waals surface area contributed by atoms with Gasteiger partial charge in [-0.25, -0.2) is 0 Å². The van der Waals surface area contributed by atoms with E-state index >= 15 is 0 Å². The maximum absolute atomic E-state index is 12.2. The number of hydrogen-bond donors (Lipinski definition) is 0. The van der Waals surface area contributed by atoms with E-state index in [1.807, 2.05) is 0 Å². The second-order valence-corrected chi connectivity index (χ2v) is 5.05. The lowest BCUT2D eigenvalue weighted by Crippen LogP contribution is -2.30. The molecule has 1 aromatic carbocycles. The number of amides is 2. The molecule has 2 amide bonds. The normalized spacial score (nSPS) is 12.8. The van der Waals surface area contributed by atoms with Gasteiger partial charge in [-0.2, -0.15) is 0 Å². The third-order valence-corrected chi connectivity index (χ3v) is 3.57. The largest absolute Gasteiger partial charge is 0.493 e. The zero-order chi connectivity index (χ0) is 15.4. The van der Waals surface area contributed by atoms with Crippen molar-refractivity contribution in [3.63, 3.8) is 0 Å². The van der Waals surface area contributed by atoms with Crippen molar-refractivity contribution in [2.45, 2.75) is 12.8 Å². The van der Waals surface area contributed by atoms with Crippen molar-refractivity contribution in [1.29, 1.82) is 0 Å². The minimum absolute atomic E-state index is 0. The average Bonchev–Trinajstić information content (AvgIpc) is 2.81. The molecule has 0 spiro atoms. The fraction of sp³-hybridized carbons (Fsp3) is 0.235. The number of rotatable bonds is 6. The van der Waals surface area contributed by atoms with Crippen molar-refractivity contribution in [3.8, 4) is 5.75 Å². The van der Waals surface area contributed by atoms with Crippen molar-refractivity contribution in [3.05, 3.63) is 59.9 Å². The van der Waals surface area contributed by atoms with Crippen LogP contribution in [-0.4, -0.2) is 34.8 Å². The Kier molecular flexibility index (Phi) is 5.71. The van der Waals surface area contributed by atoms with Crippen molar-refractivity contribution >= 4 is 24.2 Å². The number of carbonyl (C=O) groups excluding carboxylic acids is 2. The Labute approximate surface area is 140 Å². The molecule has 1 aromatic heterocycles. The molecule has 0 radical (unpaired) electrons. The molecular weight excluding hydrogens is 316 g/mol. The summed E-state index contributed by atoms with van der Waals surface area (Å²) >= 11 is 0.